The molecule has 33 heavy (non-hydrogen) atoms. The normalized spacial score (nSPS) is 12.5. The van der Waals surface area contributed by atoms with Crippen molar-refractivity contribution >= 4 is 28.8 Å². The quantitative estimate of drug-likeness (QED) is 0.279. The van der Waals surface area contributed by atoms with Gasteiger partial charge in [-0.25, -0.2) is 0 Å². The van der Waals surface area contributed by atoms with Crippen LogP contribution in [0.25, 0.3) is 0 Å². The molecular weight excluding hydrogens is 412 g/mol. The molecule has 0 saturated heterocycles. The minimum Gasteiger partial charge on any atom is -0.0623 e. The Bertz CT molecular complexity index is 1080. The van der Waals surface area contributed by atoms with E-state index in [0.29, 0.717) is 0 Å². The second kappa shape index (κ2) is 8.80. The Morgan fingerprint density at radius 2 is 0.636 bits per heavy atom. The molecule has 0 bridgehead atoms. The minimum absolute atomic E-state index is 0.136. The molecule has 0 aliphatic heterocycles. The third-order valence-electron chi connectivity index (χ3n) is 6.78. The van der Waals surface area contributed by atoms with Crippen LogP contribution in [0.2, 0.25) is 0 Å². The fourth-order valence-electron chi connectivity index (χ4n) is 4.82. The van der Waals surface area contributed by atoms with Gasteiger partial charge in [0.05, 0.1) is 0 Å². The van der Waals surface area contributed by atoms with E-state index in [2.05, 4.69) is 151 Å². The first kappa shape index (κ1) is 23.3. The van der Waals surface area contributed by atoms with Crippen molar-refractivity contribution in [3.63, 3.8) is 0 Å². The Hall–Kier alpha value is -2.90. The van der Waals surface area contributed by atoms with Crippen LogP contribution in [0.3, 0.4) is 0 Å². The molecule has 0 radical (unpaired) electrons. The van der Waals surface area contributed by atoms with Gasteiger partial charge >= 0.3 is 0 Å². The number of rotatable bonds is 4. The van der Waals surface area contributed by atoms with Crippen LogP contribution < -0.4 is 20.7 Å². The van der Waals surface area contributed by atoms with Gasteiger partial charge in [-0.2, -0.15) is 0 Å². The molecule has 0 aliphatic rings. The molecule has 0 spiro atoms. The molecular formula is C32H36Si. The maximum atomic E-state index is 2.39. The van der Waals surface area contributed by atoms with Crippen LogP contribution in [0.15, 0.2) is 109 Å². The van der Waals surface area contributed by atoms with Crippen molar-refractivity contribution in [1.82, 2.24) is 0 Å². The van der Waals surface area contributed by atoms with E-state index in [9.17, 15) is 0 Å². The Labute approximate surface area is 201 Å². The molecule has 0 aromatic heterocycles. The van der Waals surface area contributed by atoms with Gasteiger partial charge in [-0.1, -0.05) is 151 Å². The van der Waals surface area contributed by atoms with Gasteiger partial charge in [0.1, 0.15) is 0 Å². The van der Waals surface area contributed by atoms with Crippen LogP contribution in [0.4, 0.5) is 0 Å². The molecule has 4 aromatic carbocycles. The highest BCUT2D eigenvalue weighted by Crippen LogP contribution is 2.23. The Morgan fingerprint density at radius 1 is 0.364 bits per heavy atom. The number of hydrogen-bond acceptors (Lipinski definition) is 0. The zero-order valence-electron chi connectivity index (χ0n) is 20.9. The van der Waals surface area contributed by atoms with Crippen LogP contribution in [0, 0.1) is 0 Å². The minimum atomic E-state index is -2.46. The zero-order chi connectivity index (χ0) is 23.7. The molecule has 0 aliphatic carbocycles. The van der Waals surface area contributed by atoms with Crippen LogP contribution in [0.1, 0.15) is 52.7 Å². The highest BCUT2D eigenvalue weighted by Gasteiger charge is 2.41. The van der Waals surface area contributed by atoms with Crippen LogP contribution in [-0.2, 0) is 10.8 Å². The second-order valence-corrected chi connectivity index (χ2v) is 14.9. The van der Waals surface area contributed by atoms with E-state index >= 15 is 0 Å². The number of benzene rings is 4. The van der Waals surface area contributed by atoms with Gasteiger partial charge in [0.15, 0.2) is 8.07 Å². The summed E-state index contributed by atoms with van der Waals surface area (Å²) in [5.74, 6) is 0. The topological polar surface area (TPSA) is 0 Å². The maximum Gasteiger partial charge on any atom is 0.179 e. The van der Waals surface area contributed by atoms with Crippen molar-refractivity contribution in [3.05, 3.63) is 120 Å². The SMILES string of the molecule is CC(C)(C)c1ccc([Si](c2ccccc2)(c2ccccc2)c2ccc(C(C)(C)C)cc2)cc1. The summed E-state index contributed by atoms with van der Waals surface area (Å²) in [6.07, 6.45) is 0. The van der Waals surface area contributed by atoms with Crippen molar-refractivity contribution in [2.24, 2.45) is 0 Å². The van der Waals surface area contributed by atoms with E-state index in [1.165, 1.54) is 31.9 Å². The van der Waals surface area contributed by atoms with E-state index < -0.39 is 8.07 Å². The predicted octanol–water partition coefficient (Wildman–Crippen LogP) is 5.66. The van der Waals surface area contributed by atoms with Crippen molar-refractivity contribution in [2.45, 2.75) is 52.4 Å². The fraction of sp³-hybridized carbons (Fsp3) is 0.250. The van der Waals surface area contributed by atoms with Crippen molar-refractivity contribution in [2.75, 3.05) is 0 Å². The first-order chi connectivity index (χ1) is 15.6. The van der Waals surface area contributed by atoms with E-state index in [-0.39, 0.29) is 10.8 Å². The van der Waals surface area contributed by atoms with Gasteiger partial charge in [-0.15, -0.1) is 0 Å². The molecule has 4 aromatic rings. The lowest BCUT2D eigenvalue weighted by Gasteiger charge is -2.35. The standard InChI is InChI=1S/C32H36Si/c1-31(2,3)25-17-21-29(22-18-25)33(27-13-9-7-10-14-27,28-15-11-8-12-16-28)30-23-19-26(20-24-30)32(4,5)6/h7-24H,1-6H3. The third kappa shape index (κ3) is 4.47. The van der Waals surface area contributed by atoms with Crippen LogP contribution >= 0.6 is 0 Å². The highest BCUT2D eigenvalue weighted by molar-refractivity contribution is 7.19. The van der Waals surface area contributed by atoms with Gasteiger partial charge in [0, 0.05) is 0 Å². The van der Waals surface area contributed by atoms with E-state index in [1.807, 2.05) is 0 Å². The fourth-order valence-corrected chi connectivity index (χ4v) is 9.53. The van der Waals surface area contributed by atoms with Crippen molar-refractivity contribution in [3.8, 4) is 0 Å². The van der Waals surface area contributed by atoms with E-state index in [1.54, 1.807) is 0 Å². The van der Waals surface area contributed by atoms with E-state index in [0.717, 1.165) is 0 Å². The van der Waals surface area contributed by atoms with Crippen LogP contribution in [0.5, 0.6) is 0 Å². The second-order valence-electron chi connectivity index (χ2n) is 11.1. The molecule has 0 amide bonds. The van der Waals surface area contributed by atoms with Crippen molar-refractivity contribution < 1.29 is 0 Å². The average Bonchev–Trinajstić information content (AvgIpc) is 2.81. The first-order valence-electron chi connectivity index (χ1n) is 12.0. The molecule has 1 heteroatoms. The molecule has 0 atom stereocenters. The molecule has 0 heterocycles. The van der Waals surface area contributed by atoms with Gasteiger partial charge in [-0.05, 0) is 42.7 Å². The summed E-state index contributed by atoms with van der Waals surface area (Å²) >= 11 is 0. The largest absolute Gasteiger partial charge is 0.179 e. The summed E-state index contributed by atoms with van der Waals surface area (Å²) in [4.78, 5) is 0. The Kier molecular flexibility index (Phi) is 6.20. The zero-order valence-corrected chi connectivity index (χ0v) is 21.9. The monoisotopic (exact) mass is 448 g/mol. The van der Waals surface area contributed by atoms with E-state index in [4.69, 9.17) is 0 Å². The Balaban J connectivity index is 2.04. The maximum absolute atomic E-state index is 2.46. The summed E-state index contributed by atoms with van der Waals surface area (Å²) in [6.45, 7) is 13.7. The summed E-state index contributed by atoms with van der Waals surface area (Å²) in [7, 11) is -2.46. The van der Waals surface area contributed by atoms with Gasteiger partial charge in [0.25, 0.3) is 0 Å². The van der Waals surface area contributed by atoms with Crippen LogP contribution in [-0.4, -0.2) is 8.07 Å². The highest BCUT2D eigenvalue weighted by atomic mass is 28.3. The lowest BCUT2D eigenvalue weighted by atomic mass is 9.87. The summed E-state index contributed by atoms with van der Waals surface area (Å²) in [6, 6.07) is 41.2. The predicted molar refractivity (Wildman–Crippen MR) is 147 cm³/mol. The average molecular weight is 449 g/mol. The molecule has 0 unspecified atom stereocenters. The summed E-state index contributed by atoms with van der Waals surface area (Å²) < 4.78 is 0. The smallest absolute Gasteiger partial charge is 0.0623 e. The van der Waals surface area contributed by atoms with Gasteiger partial charge < -0.3 is 0 Å². The molecule has 0 saturated carbocycles. The van der Waals surface area contributed by atoms with Gasteiger partial charge in [0.2, 0.25) is 0 Å². The molecule has 4 rings (SSSR count). The number of hydrogen-bond donors (Lipinski definition) is 0. The lowest BCUT2D eigenvalue weighted by Crippen LogP contribution is -2.74. The van der Waals surface area contributed by atoms with Crippen molar-refractivity contribution in [1.29, 1.82) is 0 Å². The summed E-state index contributed by atoms with van der Waals surface area (Å²) in [5.41, 5.74) is 3.02. The first-order valence-corrected chi connectivity index (χ1v) is 14.0. The lowest BCUT2D eigenvalue weighted by molar-refractivity contribution is 0.590. The Morgan fingerprint density at radius 3 is 0.909 bits per heavy atom. The third-order valence-corrected chi connectivity index (χ3v) is 11.6. The molecule has 0 nitrogen and oxygen atoms in total. The molecule has 168 valence electrons. The summed E-state index contributed by atoms with van der Waals surface area (Å²) in [5, 5.41) is 5.69. The molecule has 0 fully saturated rings. The molecule has 0 N–H and O–H groups in total. The van der Waals surface area contributed by atoms with Gasteiger partial charge in [-0.3, -0.25) is 0 Å².